The molecule has 10 nitrogen and oxygen atoms in total. The lowest BCUT2D eigenvalue weighted by atomic mass is 10.0. The quantitative estimate of drug-likeness (QED) is 0.390. The summed E-state index contributed by atoms with van der Waals surface area (Å²) in [6.07, 6.45) is 2.59. The zero-order valence-corrected chi connectivity index (χ0v) is 18.9. The Morgan fingerprint density at radius 3 is 2.74 bits per heavy atom. The van der Waals surface area contributed by atoms with Gasteiger partial charge in [0.25, 0.3) is 0 Å². The molecule has 0 fully saturated rings. The summed E-state index contributed by atoms with van der Waals surface area (Å²) in [4.78, 5) is 33.9. The number of hydrogen-bond acceptors (Lipinski definition) is 8. The van der Waals surface area contributed by atoms with Gasteiger partial charge in [0.2, 0.25) is 5.91 Å². The predicted molar refractivity (Wildman–Crippen MR) is 126 cm³/mol. The van der Waals surface area contributed by atoms with E-state index in [9.17, 15) is 9.59 Å². The lowest BCUT2D eigenvalue weighted by Crippen LogP contribution is -2.15. The van der Waals surface area contributed by atoms with Crippen LogP contribution in [0.2, 0.25) is 0 Å². The number of carbonyl (C=O) groups excluding carboxylic acids is 2. The summed E-state index contributed by atoms with van der Waals surface area (Å²) in [6.45, 7) is 0. The third-order valence-electron chi connectivity index (χ3n) is 5.57. The Balaban J connectivity index is 1.31. The number of carbonyl (C=O) groups is 2. The molecule has 0 aliphatic carbocycles. The van der Waals surface area contributed by atoms with E-state index < -0.39 is 12.1 Å². The summed E-state index contributed by atoms with van der Waals surface area (Å²) in [7, 11) is 2.94. The minimum atomic E-state index is -0.725. The van der Waals surface area contributed by atoms with Crippen LogP contribution in [-0.4, -0.2) is 46.3 Å². The fourth-order valence-electron chi connectivity index (χ4n) is 3.96. The molecular weight excluding hydrogens is 450 g/mol. The topological polar surface area (TPSA) is 128 Å². The van der Waals surface area contributed by atoms with Crippen molar-refractivity contribution in [3.63, 3.8) is 0 Å². The average Bonchev–Trinajstić information content (AvgIpc) is 3.49. The van der Waals surface area contributed by atoms with Gasteiger partial charge in [0, 0.05) is 34.8 Å². The van der Waals surface area contributed by atoms with E-state index in [4.69, 9.17) is 14.2 Å². The van der Waals surface area contributed by atoms with Gasteiger partial charge < -0.3 is 19.5 Å². The number of esters is 1. The highest BCUT2D eigenvalue weighted by molar-refractivity contribution is 5.99. The monoisotopic (exact) mass is 471 g/mol. The highest BCUT2D eigenvalue weighted by atomic mass is 16.6. The van der Waals surface area contributed by atoms with Gasteiger partial charge in [-0.15, -0.1) is 0 Å². The third kappa shape index (κ3) is 4.29. The number of nitrogens with zero attached hydrogens (tertiary/aromatic N) is 3. The van der Waals surface area contributed by atoms with Crippen molar-refractivity contribution < 1.29 is 23.8 Å². The van der Waals surface area contributed by atoms with Gasteiger partial charge in [0.1, 0.15) is 11.7 Å². The van der Waals surface area contributed by atoms with E-state index in [0.29, 0.717) is 34.4 Å². The zero-order valence-electron chi connectivity index (χ0n) is 18.9. The van der Waals surface area contributed by atoms with Crippen LogP contribution in [0.25, 0.3) is 22.8 Å². The molecule has 1 atom stereocenters. The molecule has 2 aromatic heterocycles. The number of ether oxygens (including phenoxy) is 3. The van der Waals surface area contributed by atoms with Crippen molar-refractivity contribution in [2.45, 2.75) is 12.5 Å². The van der Waals surface area contributed by atoms with Crippen LogP contribution in [0.4, 0.5) is 5.69 Å². The summed E-state index contributed by atoms with van der Waals surface area (Å²) in [5.74, 6) is 0.935. The second kappa shape index (κ2) is 9.26. The molecule has 3 heterocycles. The molecule has 0 bridgehead atoms. The number of aromatic amines is 1. The van der Waals surface area contributed by atoms with Crippen LogP contribution in [0.3, 0.4) is 0 Å². The molecule has 176 valence electrons. The smallest absolute Gasteiger partial charge is 0.343 e. The summed E-state index contributed by atoms with van der Waals surface area (Å²) < 4.78 is 16.0. The standard InChI is InChI=1S/C25H21N5O5/c1-33-18-9-8-17-19(35-25(32)21(17)22(18)34-2)12-20(31)27-16-7-3-5-14(11-16)23-28-24(30-29-23)15-6-4-10-26-13-15/h3-11,13,19H,12H2,1-2H3,(H,27,31)(H,28,29,30). The Hall–Kier alpha value is -4.73. The maximum Gasteiger partial charge on any atom is 0.343 e. The number of H-pyrrole nitrogens is 1. The lowest BCUT2D eigenvalue weighted by molar-refractivity contribution is -0.118. The Morgan fingerprint density at radius 1 is 1.11 bits per heavy atom. The van der Waals surface area contributed by atoms with E-state index in [-0.39, 0.29) is 17.9 Å². The highest BCUT2D eigenvalue weighted by Crippen LogP contribution is 2.43. The number of aromatic nitrogens is 4. The molecule has 5 rings (SSSR count). The van der Waals surface area contributed by atoms with E-state index in [1.807, 2.05) is 18.2 Å². The summed E-state index contributed by atoms with van der Waals surface area (Å²) in [6, 6.07) is 14.3. The molecule has 1 amide bonds. The minimum absolute atomic E-state index is 0.0497. The number of hydrogen-bond donors (Lipinski definition) is 2. The number of anilines is 1. The van der Waals surface area contributed by atoms with Crippen molar-refractivity contribution in [2.75, 3.05) is 19.5 Å². The normalized spacial score (nSPS) is 14.2. The molecule has 1 unspecified atom stereocenters. The Morgan fingerprint density at radius 2 is 1.97 bits per heavy atom. The number of amides is 1. The molecule has 0 radical (unpaired) electrons. The molecule has 35 heavy (non-hydrogen) atoms. The summed E-state index contributed by atoms with van der Waals surface area (Å²) in [5, 5.41) is 10.0. The largest absolute Gasteiger partial charge is 0.493 e. The molecule has 0 saturated heterocycles. The van der Waals surface area contributed by atoms with Crippen molar-refractivity contribution in [2.24, 2.45) is 0 Å². The van der Waals surface area contributed by atoms with Gasteiger partial charge in [0.15, 0.2) is 23.1 Å². The second-order valence-corrected chi connectivity index (χ2v) is 7.74. The second-order valence-electron chi connectivity index (χ2n) is 7.74. The minimum Gasteiger partial charge on any atom is -0.493 e. The van der Waals surface area contributed by atoms with Gasteiger partial charge >= 0.3 is 5.97 Å². The van der Waals surface area contributed by atoms with Crippen molar-refractivity contribution in [3.8, 4) is 34.3 Å². The maximum absolute atomic E-state index is 12.8. The SMILES string of the molecule is COc1ccc2c(c1OC)C(=O)OC2CC(=O)Nc1cccc(-c2nc(-c3cccnc3)n[nH]2)c1. The van der Waals surface area contributed by atoms with Crippen molar-refractivity contribution in [1.29, 1.82) is 0 Å². The predicted octanol–water partition coefficient (Wildman–Crippen LogP) is 3.79. The van der Waals surface area contributed by atoms with Gasteiger partial charge in [-0.3, -0.25) is 14.9 Å². The first kappa shape index (κ1) is 22.1. The molecule has 10 heteroatoms. The number of benzene rings is 2. The number of fused-ring (bicyclic) bond motifs is 1. The number of nitrogens with one attached hydrogen (secondary N) is 2. The molecule has 2 aromatic carbocycles. The summed E-state index contributed by atoms with van der Waals surface area (Å²) in [5.41, 5.74) is 2.98. The first-order chi connectivity index (χ1) is 17.1. The lowest BCUT2D eigenvalue weighted by Gasteiger charge is -2.13. The number of cyclic esters (lactones) is 1. The van der Waals surface area contributed by atoms with E-state index in [2.05, 4.69) is 25.5 Å². The molecule has 0 saturated carbocycles. The van der Waals surface area contributed by atoms with E-state index in [0.717, 1.165) is 11.1 Å². The van der Waals surface area contributed by atoms with Gasteiger partial charge in [0.05, 0.1) is 20.6 Å². The Bertz CT molecular complexity index is 1400. The molecule has 4 aromatic rings. The third-order valence-corrected chi connectivity index (χ3v) is 5.57. The average molecular weight is 471 g/mol. The Kier molecular flexibility index (Phi) is 5.84. The van der Waals surface area contributed by atoms with Crippen LogP contribution < -0.4 is 14.8 Å². The molecule has 1 aliphatic heterocycles. The molecular formula is C25H21N5O5. The van der Waals surface area contributed by atoms with Gasteiger partial charge in [-0.25, -0.2) is 9.78 Å². The summed E-state index contributed by atoms with van der Waals surface area (Å²) >= 11 is 0. The van der Waals surface area contributed by atoms with Crippen LogP contribution >= 0.6 is 0 Å². The number of rotatable bonds is 7. The van der Waals surface area contributed by atoms with Gasteiger partial charge in [-0.2, -0.15) is 5.10 Å². The van der Waals surface area contributed by atoms with Crippen LogP contribution in [0.1, 0.15) is 28.4 Å². The molecule has 1 aliphatic rings. The fourth-order valence-corrected chi connectivity index (χ4v) is 3.96. The molecule has 0 spiro atoms. The first-order valence-electron chi connectivity index (χ1n) is 10.8. The highest BCUT2D eigenvalue weighted by Gasteiger charge is 2.36. The van der Waals surface area contributed by atoms with Gasteiger partial charge in [-0.1, -0.05) is 18.2 Å². The van der Waals surface area contributed by atoms with Crippen molar-refractivity contribution >= 4 is 17.6 Å². The first-order valence-corrected chi connectivity index (χ1v) is 10.8. The maximum atomic E-state index is 12.8. The molecule has 2 N–H and O–H groups in total. The van der Waals surface area contributed by atoms with E-state index >= 15 is 0 Å². The van der Waals surface area contributed by atoms with Crippen LogP contribution in [-0.2, 0) is 9.53 Å². The van der Waals surface area contributed by atoms with Crippen LogP contribution in [0.5, 0.6) is 11.5 Å². The van der Waals surface area contributed by atoms with E-state index in [1.165, 1.54) is 14.2 Å². The zero-order chi connectivity index (χ0) is 24.4. The number of methoxy groups -OCH3 is 2. The number of pyridine rings is 1. The van der Waals surface area contributed by atoms with Crippen molar-refractivity contribution in [1.82, 2.24) is 20.2 Å². The van der Waals surface area contributed by atoms with Crippen LogP contribution in [0, 0.1) is 0 Å². The van der Waals surface area contributed by atoms with E-state index in [1.54, 1.807) is 42.7 Å². The van der Waals surface area contributed by atoms with Crippen LogP contribution in [0.15, 0.2) is 60.9 Å². The fraction of sp³-hybridized carbons (Fsp3) is 0.160. The van der Waals surface area contributed by atoms with Gasteiger partial charge in [-0.05, 0) is 30.3 Å². The Labute approximate surface area is 200 Å². The van der Waals surface area contributed by atoms with Crippen molar-refractivity contribution in [3.05, 3.63) is 72.1 Å².